The average Bonchev–Trinajstić information content (AvgIpc) is 3.59. The molecule has 40 heavy (non-hydrogen) atoms. The summed E-state index contributed by atoms with van der Waals surface area (Å²) in [5.74, 6) is -2.27. The second kappa shape index (κ2) is 11.7. The van der Waals surface area contributed by atoms with Crippen molar-refractivity contribution in [3.63, 3.8) is 0 Å². The first kappa shape index (κ1) is 28.3. The highest BCUT2D eigenvalue weighted by Gasteiger charge is 2.79. The molecule has 3 fully saturated rings. The Kier molecular flexibility index (Phi) is 8.29. The van der Waals surface area contributed by atoms with Crippen LogP contribution in [0.4, 0.5) is 0 Å². The molecule has 3 heterocycles. The molecule has 0 aliphatic carbocycles. The smallest absolute Gasteiger partial charge is 0.245 e. The van der Waals surface area contributed by atoms with Crippen LogP contribution < -0.4 is 10.6 Å². The Bertz CT molecular complexity index is 1210. The second-order valence-electron chi connectivity index (χ2n) is 11.5. The third kappa shape index (κ3) is 4.81. The summed E-state index contributed by atoms with van der Waals surface area (Å²) in [4.78, 5) is 43.7. The number of ether oxygens (including phenoxy) is 1. The fourth-order valence-electron chi connectivity index (χ4n) is 7.26. The molecule has 0 saturated carbocycles. The van der Waals surface area contributed by atoms with Crippen LogP contribution in [0.3, 0.4) is 0 Å². The van der Waals surface area contributed by atoms with Gasteiger partial charge in [-0.3, -0.25) is 14.4 Å². The van der Waals surface area contributed by atoms with E-state index in [2.05, 4.69) is 17.6 Å². The number of amides is 3. The number of hydrogen-bond donors (Lipinski definition) is 3. The van der Waals surface area contributed by atoms with E-state index >= 15 is 0 Å². The first-order valence-corrected chi connectivity index (χ1v) is 14.7. The predicted molar refractivity (Wildman–Crippen MR) is 151 cm³/mol. The lowest BCUT2D eigenvalue weighted by atomic mass is 9.65. The molecular formula is C32H41N3O5. The van der Waals surface area contributed by atoms with Crippen LogP contribution in [0, 0.1) is 11.8 Å². The number of unbranched alkanes of at least 4 members (excludes halogenated alkanes) is 1. The molecule has 2 unspecified atom stereocenters. The maximum absolute atomic E-state index is 14.4. The summed E-state index contributed by atoms with van der Waals surface area (Å²) in [6, 6.07) is 17.8. The number of fused-ring (bicyclic) bond motifs is 1. The van der Waals surface area contributed by atoms with Gasteiger partial charge in [-0.2, -0.15) is 0 Å². The van der Waals surface area contributed by atoms with Crippen LogP contribution in [-0.2, 0) is 32.1 Å². The van der Waals surface area contributed by atoms with E-state index in [1.165, 1.54) is 0 Å². The Morgan fingerprint density at radius 1 is 1.00 bits per heavy atom. The third-order valence-corrected chi connectivity index (χ3v) is 9.21. The molecule has 6 atom stereocenters. The number of carbonyl (C=O) groups excluding carboxylic acids is 3. The van der Waals surface area contributed by atoms with E-state index in [0.29, 0.717) is 38.8 Å². The van der Waals surface area contributed by atoms with E-state index in [-0.39, 0.29) is 24.3 Å². The minimum Gasteiger partial charge on any atom is -0.394 e. The molecule has 3 aliphatic heterocycles. The first-order valence-electron chi connectivity index (χ1n) is 14.7. The van der Waals surface area contributed by atoms with Crippen LogP contribution in [0.5, 0.6) is 0 Å². The Labute approximate surface area is 236 Å². The van der Waals surface area contributed by atoms with Crippen molar-refractivity contribution < 1.29 is 24.2 Å². The van der Waals surface area contributed by atoms with Crippen molar-refractivity contribution in [1.29, 1.82) is 0 Å². The van der Waals surface area contributed by atoms with Gasteiger partial charge >= 0.3 is 0 Å². The molecule has 3 saturated heterocycles. The highest BCUT2D eigenvalue weighted by molar-refractivity contribution is 5.99. The van der Waals surface area contributed by atoms with Gasteiger partial charge in [-0.15, -0.1) is 0 Å². The number of aliphatic hydroxyl groups is 1. The Morgan fingerprint density at radius 3 is 2.30 bits per heavy atom. The van der Waals surface area contributed by atoms with Gasteiger partial charge < -0.3 is 25.4 Å². The van der Waals surface area contributed by atoms with Crippen LogP contribution >= 0.6 is 0 Å². The van der Waals surface area contributed by atoms with Crippen molar-refractivity contribution in [2.45, 2.75) is 82.2 Å². The number of rotatable bonds is 12. The van der Waals surface area contributed by atoms with Crippen molar-refractivity contribution in [1.82, 2.24) is 15.5 Å². The van der Waals surface area contributed by atoms with Gasteiger partial charge in [0.2, 0.25) is 17.7 Å². The minimum absolute atomic E-state index is 0.221. The van der Waals surface area contributed by atoms with E-state index in [0.717, 1.165) is 24.0 Å². The molecule has 8 nitrogen and oxygen atoms in total. The average molecular weight is 548 g/mol. The quantitative estimate of drug-likeness (QED) is 0.354. The minimum atomic E-state index is -1.11. The molecule has 5 rings (SSSR count). The molecule has 3 aliphatic rings. The Balaban J connectivity index is 1.50. The van der Waals surface area contributed by atoms with Crippen molar-refractivity contribution in [2.24, 2.45) is 11.8 Å². The van der Waals surface area contributed by atoms with Gasteiger partial charge in [0.25, 0.3) is 0 Å². The van der Waals surface area contributed by atoms with Gasteiger partial charge in [-0.1, -0.05) is 80.9 Å². The number of nitrogens with zero attached hydrogens (tertiary/aromatic N) is 1. The van der Waals surface area contributed by atoms with Crippen LogP contribution in [-0.4, -0.2) is 64.2 Å². The second-order valence-corrected chi connectivity index (χ2v) is 11.5. The van der Waals surface area contributed by atoms with Gasteiger partial charge in [-0.25, -0.2) is 0 Å². The summed E-state index contributed by atoms with van der Waals surface area (Å²) in [5.41, 5.74) is 0.0170. The zero-order chi connectivity index (χ0) is 28.3. The maximum Gasteiger partial charge on any atom is 0.245 e. The van der Waals surface area contributed by atoms with Crippen LogP contribution in [0.2, 0.25) is 0 Å². The van der Waals surface area contributed by atoms with E-state index < -0.39 is 35.1 Å². The number of hydrogen-bond acceptors (Lipinski definition) is 5. The lowest BCUT2D eigenvalue weighted by Crippen LogP contribution is -2.58. The predicted octanol–water partition coefficient (Wildman–Crippen LogP) is 2.98. The fraction of sp³-hybridized carbons (Fsp3) is 0.531. The molecule has 2 bridgehead atoms. The zero-order valence-electron chi connectivity index (χ0n) is 23.5. The van der Waals surface area contributed by atoms with Gasteiger partial charge in [0.05, 0.1) is 30.1 Å². The number of aliphatic hydroxyl groups excluding tert-OH is 1. The molecule has 2 aromatic carbocycles. The van der Waals surface area contributed by atoms with Gasteiger partial charge in [0.1, 0.15) is 11.6 Å². The molecule has 3 amide bonds. The van der Waals surface area contributed by atoms with Gasteiger partial charge in [0, 0.05) is 13.1 Å². The number of benzene rings is 2. The Morgan fingerprint density at radius 2 is 1.68 bits per heavy atom. The molecule has 3 N–H and O–H groups in total. The van der Waals surface area contributed by atoms with Crippen molar-refractivity contribution in [2.75, 3.05) is 13.2 Å². The molecule has 0 radical (unpaired) electrons. The number of carbonyl (C=O) groups is 3. The molecule has 8 heteroatoms. The Hall–Kier alpha value is -3.23. The number of likely N-dealkylation sites (tertiary alicyclic amines) is 1. The maximum atomic E-state index is 14.4. The van der Waals surface area contributed by atoms with E-state index in [1.807, 2.05) is 67.6 Å². The summed E-state index contributed by atoms with van der Waals surface area (Å²) < 4.78 is 6.83. The fourth-order valence-corrected chi connectivity index (χ4v) is 7.26. The molecule has 2 aromatic rings. The highest BCUT2D eigenvalue weighted by atomic mass is 16.5. The van der Waals surface area contributed by atoms with Gasteiger partial charge in [-0.05, 0) is 43.2 Å². The number of nitrogens with one attached hydrogen (secondary N) is 2. The topological polar surface area (TPSA) is 108 Å². The SMILES string of the molecule is CCCCNC(=O)C1N([C@@H](CO)Cc2ccccc2)C(=O)[C@@H]2[C@@H](C(=O)NCc3ccccc3)[C@@]3(CC)CCC12O3. The molecule has 1 spiro atoms. The summed E-state index contributed by atoms with van der Waals surface area (Å²) in [5, 5.41) is 16.6. The zero-order valence-corrected chi connectivity index (χ0v) is 23.5. The van der Waals surface area contributed by atoms with E-state index in [1.54, 1.807) is 4.90 Å². The highest BCUT2D eigenvalue weighted by Crippen LogP contribution is 2.64. The van der Waals surface area contributed by atoms with Gasteiger partial charge in [0.15, 0.2) is 0 Å². The van der Waals surface area contributed by atoms with Crippen molar-refractivity contribution in [3.8, 4) is 0 Å². The summed E-state index contributed by atoms with van der Waals surface area (Å²) in [7, 11) is 0. The first-order chi connectivity index (χ1) is 19.4. The lowest BCUT2D eigenvalue weighted by molar-refractivity contribution is -0.151. The summed E-state index contributed by atoms with van der Waals surface area (Å²) in [6.07, 6.45) is 3.83. The standard InChI is InChI=1S/C32H41N3O5/c1-3-5-18-33-29(38)27-32-17-16-31(4-2,40-32)25(28(37)34-20-23-14-10-7-11-15-23)26(32)30(39)35(27)24(21-36)19-22-12-8-6-9-13-22/h6-15,24-27,36H,3-5,16-21H2,1-2H3,(H,33,38)(H,34,37)/t24-,25+,26+,27?,31-,32?/m1/s1. The third-order valence-electron chi connectivity index (χ3n) is 9.21. The normalized spacial score (nSPS) is 29.3. The molecular weight excluding hydrogens is 506 g/mol. The van der Waals surface area contributed by atoms with Crippen molar-refractivity contribution >= 4 is 17.7 Å². The van der Waals surface area contributed by atoms with Crippen molar-refractivity contribution in [3.05, 3.63) is 71.8 Å². The van der Waals surface area contributed by atoms with Crippen LogP contribution in [0.25, 0.3) is 0 Å². The lowest BCUT2D eigenvalue weighted by Gasteiger charge is -2.37. The van der Waals surface area contributed by atoms with E-state index in [4.69, 9.17) is 4.74 Å². The molecule has 0 aromatic heterocycles. The van der Waals surface area contributed by atoms with Crippen LogP contribution in [0.1, 0.15) is 57.1 Å². The largest absolute Gasteiger partial charge is 0.394 e. The van der Waals surface area contributed by atoms with Crippen LogP contribution in [0.15, 0.2) is 60.7 Å². The monoisotopic (exact) mass is 547 g/mol. The van der Waals surface area contributed by atoms with E-state index in [9.17, 15) is 19.5 Å². The summed E-state index contributed by atoms with van der Waals surface area (Å²) >= 11 is 0. The molecule has 214 valence electrons. The summed E-state index contributed by atoms with van der Waals surface area (Å²) in [6.45, 7) is 4.59.